The Hall–Kier alpha value is -2.35. The molecule has 0 saturated heterocycles. The number of anilines is 1. The molecule has 2 aromatic rings. The number of nitrogen functional groups attached to an aromatic ring is 1. The van der Waals surface area contributed by atoms with Gasteiger partial charge in [-0.3, -0.25) is 0 Å². The van der Waals surface area contributed by atoms with Gasteiger partial charge in [-0.05, 0) is 17.7 Å². The molecule has 106 valence electrons. The highest BCUT2D eigenvalue weighted by Gasteiger charge is 2.35. The minimum atomic E-state index is -4.70. The Morgan fingerprint density at radius 1 is 1.15 bits per heavy atom. The van der Waals surface area contributed by atoms with Crippen molar-refractivity contribution in [2.75, 3.05) is 5.73 Å². The number of nitrogens with zero attached hydrogens (tertiary/aromatic N) is 2. The summed E-state index contributed by atoms with van der Waals surface area (Å²) in [5.74, 6) is -1.73. The molecule has 3 N–H and O–H groups in total. The van der Waals surface area contributed by atoms with E-state index in [0.717, 1.165) is 6.07 Å². The molecule has 8 heteroatoms. The van der Waals surface area contributed by atoms with E-state index in [-0.39, 0.29) is 24.1 Å². The first-order valence-corrected chi connectivity index (χ1v) is 5.48. The van der Waals surface area contributed by atoms with Crippen LogP contribution in [0.2, 0.25) is 0 Å². The smallest absolute Gasteiger partial charge is 0.439 e. The van der Waals surface area contributed by atoms with Crippen LogP contribution in [0.15, 0.2) is 30.3 Å². The molecule has 0 unspecified atom stereocenters. The summed E-state index contributed by atoms with van der Waals surface area (Å²) in [6, 6.07) is 7.23. The Bertz CT molecular complexity index is 600. The van der Waals surface area contributed by atoms with Gasteiger partial charge in [-0.25, -0.2) is 4.98 Å². The zero-order chi connectivity index (χ0) is 14.8. The zero-order valence-corrected chi connectivity index (χ0v) is 10.1. The largest absolute Gasteiger partial charge is 0.451 e. The van der Waals surface area contributed by atoms with Gasteiger partial charge in [0.15, 0.2) is 0 Å². The molecule has 1 aromatic carbocycles. The normalized spacial score (nSPS) is 11.4. The number of hydrogen-bond donors (Lipinski definition) is 2. The lowest BCUT2D eigenvalue weighted by molar-refractivity contribution is -0.145. The van der Waals surface area contributed by atoms with Gasteiger partial charge in [0.25, 0.3) is 0 Å². The lowest BCUT2D eigenvalue weighted by atomic mass is 10.2. The number of benzene rings is 1. The second-order valence-corrected chi connectivity index (χ2v) is 3.86. The van der Waals surface area contributed by atoms with Gasteiger partial charge in [-0.1, -0.05) is 12.1 Å². The molecule has 1 heterocycles. The molecular weight excluding hydrogens is 275 g/mol. The van der Waals surface area contributed by atoms with Gasteiger partial charge in [0.1, 0.15) is 11.6 Å². The van der Waals surface area contributed by atoms with E-state index in [1.807, 2.05) is 0 Å². The van der Waals surface area contributed by atoms with Crippen molar-refractivity contribution in [3.05, 3.63) is 41.7 Å². The van der Waals surface area contributed by atoms with Crippen molar-refractivity contribution in [2.24, 2.45) is 0 Å². The van der Waals surface area contributed by atoms with E-state index in [9.17, 15) is 13.2 Å². The molecule has 0 aliphatic rings. The van der Waals surface area contributed by atoms with Crippen LogP contribution in [0.25, 0.3) is 0 Å². The molecule has 1 aromatic heterocycles. The molecule has 0 fully saturated rings. The molecule has 0 bridgehead atoms. The first kappa shape index (κ1) is 14.1. The second-order valence-electron chi connectivity index (χ2n) is 3.86. The number of aliphatic hydroxyl groups is 1. The van der Waals surface area contributed by atoms with Gasteiger partial charge in [-0.15, -0.1) is 0 Å². The Labute approximate surface area is 111 Å². The van der Waals surface area contributed by atoms with Crippen molar-refractivity contribution in [3.63, 3.8) is 0 Å². The summed E-state index contributed by atoms with van der Waals surface area (Å²) in [7, 11) is 0. The summed E-state index contributed by atoms with van der Waals surface area (Å²) in [6.07, 6.45) is -4.70. The molecule has 0 amide bonds. The summed E-state index contributed by atoms with van der Waals surface area (Å²) < 4.78 is 42.7. The minimum absolute atomic E-state index is 0.140. The third-order valence-corrected chi connectivity index (χ3v) is 2.30. The van der Waals surface area contributed by atoms with Gasteiger partial charge in [0.2, 0.25) is 11.7 Å². The van der Waals surface area contributed by atoms with Crippen LogP contribution >= 0.6 is 0 Å². The van der Waals surface area contributed by atoms with E-state index in [0.29, 0.717) is 5.56 Å². The number of halogens is 3. The van der Waals surface area contributed by atoms with Crippen molar-refractivity contribution >= 4 is 5.82 Å². The third-order valence-electron chi connectivity index (χ3n) is 2.30. The van der Waals surface area contributed by atoms with E-state index in [1.54, 1.807) is 12.1 Å². The van der Waals surface area contributed by atoms with E-state index >= 15 is 0 Å². The Balaban J connectivity index is 2.26. The maximum atomic E-state index is 12.5. The Morgan fingerprint density at radius 2 is 1.80 bits per heavy atom. The lowest BCUT2D eigenvalue weighted by Gasteiger charge is -2.09. The molecule has 0 atom stereocenters. The van der Waals surface area contributed by atoms with E-state index in [4.69, 9.17) is 15.6 Å². The monoisotopic (exact) mass is 285 g/mol. The lowest BCUT2D eigenvalue weighted by Crippen LogP contribution is -2.12. The molecule has 2 rings (SSSR count). The molecule has 0 radical (unpaired) electrons. The zero-order valence-electron chi connectivity index (χ0n) is 10.1. The summed E-state index contributed by atoms with van der Waals surface area (Å²) in [5, 5.41) is 8.88. The maximum Gasteiger partial charge on any atom is 0.451 e. The fourth-order valence-corrected chi connectivity index (χ4v) is 1.41. The van der Waals surface area contributed by atoms with Crippen LogP contribution in [-0.2, 0) is 12.8 Å². The van der Waals surface area contributed by atoms with Crippen LogP contribution in [0.4, 0.5) is 19.0 Å². The standard InChI is InChI=1S/C12H10F3N3O2/c13-12(14,15)11-17-9(16)5-10(18-11)20-8-3-1-7(6-19)2-4-8/h1-5,19H,6H2,(H2,16,17,18). The summed E-state index contributed by atoms with van der Waals surface area (Å²) >= 11 is 0. The number of aliphatic hydroxyl groups excluding tert-OH is 1. The van der Waals surface area contributed by atoms with Crippen LogP contribution in [-0.4, -0.2) is 15.1 Å². The molecule has 5 nitrogen and oxygen atoms in total. The topological polar surface area (TPSA) is 81.3 Å². The number of rotatable bonds is 3. The highest BCUT2D eigenvalue weighted by atomic mass is 19.4. The van der Waals surface area contributed by atoms with E-state index < -0.39 is 12.0 Å². The summed E-state index contributed by atoms with van der Waals surface area (Å²) in [5.41, 5.74) is 5.94. The van der Waals surface area contributed by atoms with Gasteiger partial charge < -0.3 is 15.6 Å². The summed E-state index contributed by atoms with van der Waals surface area (Å²) in [6.45, 7) is -0.140. The first-order valence-electron chi connectivity index (χ1n) is 5.48. The van der Waals surface area contributed by atoms with Crippen molar-refractivity contribution in [1.82, 2.24) is 9.97 Å². The summed E-state index contributed by atoms with van der Waals surface area (Å²) in [4.78, 5) is 6.36. The van der Waals surface area contributed by atoms with Gasteiger partial charge >= 0.3 is 6.18 Å². The minimum Gasteiger partial charge on any atom is -0.439 e. The number of ether oxygens (including phenoxy) is 1. The maximum absolute atomic E-state index is 12.5. The quantitative estimate of drug-likeness (QED) is 0.904. The van der Waals surface area contributed by atoms with E-state index in [1.165, 1.54) is 12.1 Å². The van der Waals surface area contributed by atoms with Crippen molar-refractivity contribution < 1.29 is 23.0 Å². The average Bonchev–Trinajstić information content (AvgIpc) is 2.38. The molecule has 0 saturated carbocycles. The fraction of sp³-hybridized carbons (Fsp3) is 0.167. The van der Waals surface area contributed by atoms with Gasteiger partial charge in [0.05, 0.1) is 6.61 Å². The average molecular weight is 285 g/mol. The van der Waals surface area contributed by atoms with Gasteiger partial charge in [0, 0.05) is 6.07 Å². The van der Waals surface area contributed by atoms with Crippen LogP contribution in [0, 0.1) is 0 Å². The number of aromatic nitrogens is 2. The fourth-order valence-electron chi connectivity index (χ4n) is 1.41. The van der Waals surface area contributed by atoms with Crippen LogP contribution in [0.5, 0.6) is 11.6 Å². The second kappa shape index (κ2) is 5.33. The van der Waals surface area contributed by atoms with Gasteiger partial charge in [-0.2, -0.15) is 18.2 Å². The number of alkyl halides is 3. The Kier molecular flexibility index (Phi) is 3.75. The molecular formula is C12H10F3N3O2. The first-order chi connectivity index (χ1) is 9.38. The number of hydrogen-bond acceptors (Lipinski definition) is 5. The van der Waals surface area contributed by atoms with Crippen LogP contribution < -0.4 is 10.5 Å². The molecule has 0 aliphatic heterocycles. The van der Waals surface area contributed by atoms with E-state index in [2.05, 4.69) is 9.97 Å². The number of nitrogens with two attached hydrogens (primary N) is 1. The van der Waals surface area contributed by atoms with Crippen molar-refractivity contribution in [3.8, 4) is 11.6 Å². The predicted octanol–water partition coefficient (Wildman–Crippen LogP) is 2.36. The predicted molar refractivity (Wildman–Crippen MR) is 63.9 cm³/mol. The SMILES string of the molecule is Nc1cc(Oc2ccc(CO)cc2)nc(C(F)(F)F)n1. The van der Waals surface area contributed by atoms with Crippen LogP contribution in [0.3, 0.4) is 0 Å². The third kappa shape index (κ3) is 3.35. The molecule has 0 spiro atoms. The van der Waals surface area contributed by atoms with Crippen LogP contribution in [0.1, 0.15) is 11.4 Å². The highest BCUT2D eigenvalue weighted by molar-refractivity contribution is 5.36. The highest BCUT2D eigenvalue weighted by Crippen LogP contribution is 2.29. The molecule has 20 heavy (non-hydrogen) atoms. The van der Waals surface area contributed by atoms with Crippen molar-refractivity contribution in [2.45, 2.75) is 12.8 Å². The molecule has 0 aliphatic carbocycles. The Morgan fingerprint density at radius 3 is 2.35 bits per heavy atom. The van der Waals surface area contributed by atoms with Crippen molar-refractivity contribution in [1.29, 1.82) is 0 Å².